The minimum atomic E-state index is -0.287. The topological polar surface area (TPSA) is 118 Å². The molecule has 2 aromatic heterocycles. The van der Waals surface area contributed by atoms with Gasteiger partial charge in [0.2, 0.25) is 5.91 Å². The van der Waals surface area contributed by atoms with E-state index < -0.39 is 0 Å². The molecule has 0 aliphatic carbocycles. The number of hydrogen-bond acceptors (Lipinski definition) is 6. The maximum atomic E-state index is 12.3. The summed E-state index contributed by atoms with van der Waals surface area (Å²) in [5, 5.41) is 2.58. The van der Waals surface area contributed by atoms with E-state index in [4.69, 9.17) is 0 Å². The second-order valence-electron chi connectivity index (χ2n) is 7.19. The van der Waals surface area contributed by atoms with Crippen molar-refractivity contribution in [1.29, 1.82) is 0 Å². The van der Waals surface area contributed by atoms with E-state index in [9.17, 15) is 14.4 Å². The largest absolute Gasteiger partial charge is 0.359 e. The lowest BCUT2D eigenvalue weighted by Crippen LogP contribution is -2.17. The molecule has 1 amide bonds. The Kier molecular flexibility index (Phi) is 7.00. The van der Waals surface area contributed by atoms with E-state index in [0.717, 1.165) is 17.7 Å². The van der Waals surface area contributed by atoms with Crippen LogP contribution in [0.2, 0.25) is 0 Å². The van der Waals surface area contributed by atoms with Crippen LogP contribution in [0.4, 0.5) is 0 Å². The first-order valence-corrected chi connectivity index (χ1v) is 10.0. The average Bonchev–Trinajstić information content (AvgIpc) is 2.75. The minimum Gasteiger partial charge on any atom is -0.359 e. The van der Waals surface area contributed by atoms with Gasteiger partial charge in [0.15, 0.2) is 16.9 Å². The van der Waals surface area contributed by atoms with E-state index in [0.29, 0.717) is 49.1 Å². The zero-order chi connectivity index (χ0) is 21.5. The highest BCUT2D eigenvalue weighted by Crippen LogP contribution is 2.12. The SMILES string of the molecule is CNC(=O)CCCCC(=O)c1ccc(CCc2cnc3nc(C)[nH]c(=O)c3n2)cc1. The molecule has 3 rings (SSSR count). The van der Waals surface area contributed by atoms with Gasteiger partial charge in [-0.2, -0.15) is 0 Å². The van der Waals surface area contributed by atoms with Crippen molar-refractivity contribution in [3.63, 3.8) is 0 Å². The number of carbonyl (C=O) groups excluding carboxylic acids is 2. The number of carbonyl (C=O) groups is 2. The van der Waals surface area contributed by atoms with Crippen LogP contribution in [-0.2, 0) is 17.6 Å². The van der Waals surface area contributed by atoms with E-state index >= 15 is 0 Å². The van der Waals surface area contributed by atoms with Crippen LogP contribution in [-0.4, -0.2) is 38.7 Å². The van der Waals surface area contributed by atoms with E-state index in [1.165, 1.54) is 0 Å². The molecule has 0 fully saturated rings. The van der Waals surface area contributed by atoms with Gasteiger partial charge in [-0.1, -0.05) is 24.3 Å². The lowest BCUT2D eigenvalue weighted by Gasteiger charge is -2.05. The fourth-order valence-corrected chi connectivity index (χ4v) is 3.15. The molecule has 8 nitrogen and oxygen atoms in total. The summed E-state index contributed by atoms with van der Waals surface area (Å²) in [5.74, 6) is 0.593. The third-order valence-electron chi connectivity index (χ3n) is 4.87. The van der Waals surface area contributed by atoms with E-state index in [2.05, 4.69) is 25.3 Å². The Hall–Kier alpha value is -3.42. The van der Waals surface area contributed by atoms with Crippen molar-refractivity contribution in [3.05, 3.63) is 63.5 Å². The van der Waals surface area contributed by atoms with Gasteiger partial charge in [-0.05, 0) is 38.2 Å². The van der Waals surface area contributed by atoms with Gasteiger partial charge >= 0.3 is 0 Å². The van der Waals surface area contributed by atoms with E-state index in [-0.39, 0.29) is 22.8 Å². The number of aryl methyl sites for hydroxylation is 3. The molecule has 1 aromatic carbocycles. The zero-order valence-corrected chi connectivity index (χ0v) is 17.2. The van der Waals surface area contributed by atoms with Crippen molar-refractivity contribution in [2.45, 2.75) is 45.4 Å². The van der Waals surface area contributed by atoms with Crippen LogP contribution in [0.1, 0.15) is 53.1 Å². The normalized spacial score (nSPS) is 10.9. The molecule has 3 aromatic rings. The number of benzene rings is 1. The van der Waals surface area contributed by atoms with E-state index in [1.807, 2.05) is 24.3 Å². The number of rotatable bonds is 9. The van der Waals surface area contributed by atoms with Crippen LogP contribution >= 0.6 is 0 Å². The van der Waals surface area contributed by atoms with Gasteiger partial charge in [-0.25, -0.2) is 15.0 Å². The number of nitrogens with one attached hydrogen (secondary N) is 2. The van der Waals surface area contributed by atoms with Crippen LogP contribution in [0.15, 0.2) is 35.3 Å². The fraction of sp³-hybridized carbons (Fsp3) is 0.364. The number of unbranched alkanes of at least 4 members (excludes halogenated alkanes) is 1. The molecule has 156 valence electrons. The molecular weight excluding hydrogens is 382 g/mol. The molecule has 2 heterocycles. The molecule has 0 unspecified atom stereocenters. The van der Waals surface area contributed by atoms with Gasteiger partial charge in [-0.3, -0.25) is 14.4 Å². The molecule has 0 bridgehead atoms. The molecule has 30 heavy (non-hydrogen) atoms. The number of aromatic amines is 1. The van der Waals surface area contributed by atoms with Gasteiger partial charge < -0.3 is 10.3 Å². The molecule has 0 aliphatic heterocycles. The molecule has 0 saturated carbocycles. The Morgan fingerprint density at radius 2 is 1.77 bits per heavy atom. The summed E-state index contributed by atoms with van der Waals surface area (Å²) >= 11 is 0. The van der Waals surface area contributed by atoms with Crippen molar-refractivity contribution in [1.82, 2.24) is 25.3 Å². The molecule has 8 heteroatoms. The Morgan fingerprint density at radius 1 is 1.03 bits per heavy atom. The minimum absolute atomic E-state index is 0.00103. The lowest BCUT2D eigenvalue weighted by atomic mass is 10.0. The first-order valence-electron chi connectivity index (χ1n) is 10.0. The summed E-state index contributed by atoms with van der Waals surface area (Å²) in [7, 11) is 1.61. The average molecular weight is 407 g/mol. The number of fused-ring (bicyclic) bond motifs is 1. The van der Waals surface area contributed by atoms with Gasteiger partial charge in [0, 0.05) is 25.5 Å². The van der Waals surface area contributed by atoms with Gasteiger partial charge in [0.25, 0.3) is 5.56 Å². The van der Waals surface area contributed by atoms with Crippen molar-refractivity contribution >= 4 is 22.9 Å². The second-order valence-corrected chi connectivity index (χ2v) is 7.19. The van der Waals surface area contributed by atoms with Crippen molar-refractivity contribution in [2.24, 2.45) is 0 Å². The third-order valence-corrected chi connectivity index (χ3v) is 4.87. The zero-order valence-electron chi connectivity index (χ0n) is 17.2. The summed E-state index contributed by atoms with van der Waals surface area (Å²) in [5.41, 5.74) is 2.77. The maximum absolute atomic E-state index is 12.3. The van der Waals surface area contributed by atoms with Crippen molar-refractivity contribution < 1.29 is 9.59 Å². The highest BCUT2D eigenvalue weighted by Gasteiger charge is 2.09. The Morgan fingerprint density at radius 3 is 2.50 bits per heavy atom. The smallest absolute Gasteiger partial charge is 0.279 e. The van der Waals surface area contributed by atoms with Crippen LogP contribution in [0.25, 0.3) is 11.2 Å². The lowest BCUT2D eigenvalue weighted by molar-refractivity contribution is -0.120. The summed E-state index contributed by atoms with van der Waals surface area (Å²) in [4.78, 5) is 50.9. The number of hydrogen-bond donors (Lipinski definition) is 2. The molecule has 0 spiro atoms. The molecule has 0 aliphatic rings. The number of nitrogens with zero attached hydrogens (tertiary/aromatic N) is 3. The van der Waals surface area contributed by atoms with Crippen LogP contribution in [0.3, 0.4) is 0 Å². The Labute approximate surface area is 174 Å². The van der Waals surface area contributed by atoms with Crippen LogP contribution < -0.4 is 10.9 Å². The van der Waals surface area contributed by atoms with Crippen molar-refractivity contribution in [3.8, 4) is 0 Å². The highest BCUT2D eigenvalue weighted by atomic mass is 16.1. The summed E-state index contributed by atoms with van der Waals surface area (Å²) in [6.07, 6.45) is 5.27. The monoisotopic (exact) mass is 407 g/mol. The second kappa shape index (κ2) is 9.87. The van der Waals surface area contributed by atoms with E-state index in [1.54, 1.807) is 20.2 Å². The number of ketones is 1. The van der Waals surface area contributed by atoms with Crippen LogP contribution in [0.5, 0.6) is 0 Å². The Balaban J connectivity index is 1.54. The first kappa shape index (κ1) is 21.3. The molecule has 0 atom stereocenters. The quantitative estimate of drug-likeness (QED) is 0.415. The number of amides is 1. The summed E-state index contributed by atoms with van der Waals surface area (Å²) in [6, 6.07) is 7.54. The predicted molar refractivity (Wildman–Crippen MR) is 113 cm³/mol. The molecule has 2 N–H and O–H groups in total. The molecular formula is C22H25N5O3. The van der Waals surface area contributed by atoms with Gasteiger partial charge in [0.05, 0.1) is 11.9 Å². The highest BCUT2D eigenvalue weighted by molar-refractivity contribution is 5.96. The fourth-order valence-electron chi connectivity index (χ4n) is 3.15. The maximum Gasteiger partial charge on any atom is 0.279 e. The summed E-state index contributed by atoms with van der Waals surface area (Å²) < 4.78 is 0. The molecule has 0 radical (unpaired) electrons. The number of aromatic nitrogens is 4. The number of H-pyrrole nitrogens is 1. The van der Waals surface area contributed by atoms with Crippen LogP contribution in [0, 0.1) is 6.92 Å². The molecule has 0 saturated heterocycles. The third kappa shape index (κ3) is 5.56. The summed E-state index contributed by atoms with van der Waals surface area (Å²) in [6.45, 7) is 1.70. The Bertz CT molecular complexity index is 1110. The van der Waals surface area contributed by atoms with Crippen molar-refractivity contribution in [2.75, 3.05) is 7.05 Å². The van der Waals surface area contributed by atoms with Gasteiger partial charge in [0.1, 0.15) is 5.82 Å². The van der Waals surface area contributed by atoms with Gasteiger partial charge in [-0.15, -0.1) is 0 Å². The standard InChI is InChI=1S/C22H25N5O3/c1-14-25-21-20(22(30)26-14)27-17(13-24-21)12-9-15-7-10-16(11-8-15)18(28)5-3-4-6-19(29)23-2/h7-8,10-11,13H,3-6,9,12H2,1-2H3,(H,23,29)(H,24,25,26,30). The predicted octanol–water partition coefficient (Wildman–Crippen LogP) is 2.30. The first-order chi connectivity index (χ1) is 14.5. The number of Topliss-reactive ketones (excluding diaryl/α,β-unsaturated/α-hetero) is 1.